The Labute approximate surface area is 106 Å². The molecule has 2 aromatic rings. The Bertz CT molecular complexity index is 451. The van der Waals surface area contributed by atoms with Crippen LogP contribution in [0.3, 0.4) is 0 Å². The van der Waals surface area contributed by atoms with Crippen LogP contribution in [0.25, 0.3) is 0 Å². The molecule has 0 N–H and O–H groups in total. The van der Waals surface area contributed by atoms with Crippen molar-refractivity contribution in [2.45, 2.75) is 17.5 Å². The van der Waals surface area contributed by atoms with Gasteiger partial charge in [0.2, 0.25) is 0 Å². The van der Waals surface area contributed by atoms with Gasteiger partial charge in [-0.25, -0.2) is 4.39 Å². The van der Waals surface area contributed by atoms with Gasteiger partial charge in [0.15, 0.2) is 0 Å². The maximum Gasteiger partial charge on any atom is 0.142 e. The molecule has 0 aliphatic carbocycles. The number of benzene rings is 2. The van der Waals surface area contributed by atoms with E-state index in [-0.39, 0.29) is 0 Å². The summed E-state index contributed by atoms with van der Waals surface area (Å²) in [6, 6.07) is 19.3. The van der Waals surface area contributed by atoms with Gasteiger partial charge in [0.1, 0.15) is 5.67 Å². The van der Waals surface area contributed by atoms with Gasteiger partial charge in [-0.2, -0.15) is 0 Å². The summed E-state index contributed by atoms with van der Waals surface area (Å²) in [6.07, 6.45) is 0. The van der Waals surface area contributed by atoms with Crippen LogP contribution in [0.2, 0.25) is 0 Å². The number of rotatable bonds is 4. The monoisotopic (exact) mass is 246 g/mol. The third-order valence-corrected chi connectivity index (χ3v) is 3.92. The summed E-state index contributed by atoms with van der Waals surface area (Å²) < 4.78 is 14.5. The zero-order valence-corrected chi connectivity index (χ0v) is 10.6. The smallest absolute Gasteiger partial charge is 0.142 e. The lowest BCUT2D eigenvalue weighted by atomic mass is 10.0. The van der Waals surface area contributed by atoms with Crippen molar-refractivity contribution in [2.75, 3.05) is 5.75 Å². The van der Waals surface area contributed by atoms with Gasteiger partial charge in [-0.3, -0.25) is 0 Å². The molecule has 0 saturated heterocycles. The molecule has 0 fully saturated rings. The van der Waals surface area contributed by atoms with Crippen molar-refractivity contribution >= 4 is 11.8 Å². The van der Waals surface area contributed by atoms with Crippen molar-refractivity contribution < 1.29 is 4.39 Å². The number of halogens is 1. The first-order valence-electron chi connectivity index (χ1n) is 5.61. The van der Waals surface area contributed by atoms with Gasteiger partial charge in [-0.05, 0) is 24.6 Å². The molecule has 2 heteroatoms. The van der Waals surface area contributed by atoms with Crippen molar-refractivity contribution in [3.63, 3.8) is 0 Å². The molecule has 0 aromatic heterocycles. The van der Waals surface area contributed by atoms with Crippen LogP contribution >= 0.6 is 11.8 Å². The molecule has 0 spiro atoms. The van der Waals surface area contributed by atoms with E-state index < -0.39 is 5.67 Å². The van der Waals surface area contributed by atoms with E-state index >= 15 is 0 Å². The fraction of sp³-hybridized carbons (Fsp3) is 0.200. The van der Waals surface area contributed by atoms with Crippen LogP contribution in [0.4, 0.5) is 4.39 Å². The second-order valence-electron chi connectivity index (χ2n) is 4.17. The zero-order chi connectivity index (χ0) is 12.1. The fourth-order valence-corrected chi connectivity index (χ4v) is 2.56. The van der Waals surface area contributed by atoms with Crippen molar-refractivity contribution in [3.8, 4) is 0 Å². The lowest BCUT2D eigenvalue weighted by Crippen LogP contribution is -2.18. The SMILES string of the molecule is C[C@](F)(CSc1ccccc1)c1ccccc1. The molecule has 0 aliphatic rings. The molecule has 0 unspecified atom stereocenters. The van der Waals surface area contributed by atoms with E-state index in [1.165, 1.54) is 0 Å². The quantitative estimate of drug-likeness (QED) is 0.707. The van der Waals surface area contributed by atoms with Crippen LogP contribution in [-0.2, 0) is 5.67 Å². The minimum atomic E-state index is -1.29. The van der Waals surface area contributed by atoms with Gasteiger partial charge < -0.3 is 0 Å². The molecule has 2 rings (SSSR count). The van der Waals surface area contributed by atoms with E-state index in [9.17, 15) is 4.39 Å². The van der Waals surface area contributed by atoms with Crippen LogP contribution < -0.4 is 0 Å². The van der Waals surface area contributed by atoms with Gasteiger partial charge >= 0.3 is 0 Å². The predicted octanol–water partition coefficient (Wildman–Crippen LogP) is 4.66. The van der Waals surface area contributed by atoms with Crippen molar-refractivity contribution in [1.82, 2.24) is 0 Å². The first kappa shape index (κ1) is 12.2. The highest BCUT2D eigenvalue weighted by molar-refractivity contribution is 7.99. The Morgan fingerprint density at radius 1 is 0.941 bits per heavy atom. The maximum atomic E-state index is 14.5. The summed E-state index contributed by atoms with van der Waals surface area (Å²) >= 11 is 1.55. The van der Waals surface area contributed by atoms with E-state index in [2.05, 4.69) is 0 Å². The molecule has 0 aliphatic heterocycles. The van der Waals surface area contributed by atoms with E-state index in [0.29, 0.717) is 5.75 Å². The molecule has 0 saturated carbocycles. The Hall–Kier alpha value is -1.28. The third-order valence-electron chi connectivity index (χ3n) is 2.63. The molecule has 1 atom stereocenters. The van der Waals surface area contributed by atoms with Crippen LogP contribution in [0.5, 0.6) is 0 Å². The summed E-state index contributed by atoms with van der Waals surface area (Å²) in [4.78, 5) is 1.10. The number of alkyl halides is 1. The number of hydrogen-bond acceptors (Lipinski definition) is 1. The lowest BCUT2D eigenvalue weighted by Gasteiger charge is -2.20. The second kappa shape index (κ2) is 5.37. The molecular weight excluding hydrogens is 231 g/mol. The highest BCUT2D eigenvalue weighted by Gasteiger charge is 2.25. The Balaban J connectivity index is 2.03. The highest BCUT2D eigenvalue weighted by atomic mass is 32.2. The normalized spacial score (nSPS) is 14.2. The van der Waals surface area contributed by atoms with Crippen LogP contribution in [0.1, 0.15) is 12.5 Å². The Morgan fingerprint density at radius 2 is 1.47 bits per heavy atom. The van der Waals surface area contributed by atoms with Crippen molar-refractivity contribution in [3.05, 3.63) is 66.2 Å². The molecule has 0 bridgehead atoms. The Morgan fingerprint density at radius 3 is 2.06 bits per heavy atom. The van der Waals surface area contributed by atoms with Gasteiger partial charge in [-0.15, -0.1) is 11.8 Å². The Kier molecular flexibility index (Phi) is 3.85. The van der Waals surface area contributed by atoms with E-state index in [0.717, 1.165) is 10.5 Å². The molecule has 0 heterocycles. The van der Waals surface area contributed by atoms with E-state index in [1.807, 2.05) is 60.7 Å². The summed E-state index contributed by atoms with van der Waals surface area (Å²) in [7, 11) is 0. The second-order valence-corrected chi connectivity index (χ2v) is 5.21. The van der Waals surface area contributed by atoms with Crippen molar-refractivity contribution in [2.24, 2.45) is 0 Å². The first-order chi connectivity index (χ1) is 8.18. The largest absolute Gasteiger partial charge is 0.238 e. The van der Waals surface area contributed by atoms with E-state index in [1.54, 1.807) is 18.7 Å². The average Bonchev–Trinajstić information content (AvgIpc) is 2.39. The molecule has 2 aromatic carbocycles. The number of hydrogen-bond donors (Lipinski definition) is 0. The van der Waals surface area contributed by atoms with Gasteiger partial charge in [0.25, 0.3) is 0 Å². The van der Waals surface area contributed by atoms with Gasteiger partial charge in [-0.1, -0.05) is 48.5 Å². The van der Waals surface area contributed by atoms with Gasteiger partial charge in [0.05, 0.1) is 0 Å². The van der Waals surface area contributed by atoms with Crippen molar-refractivity contribution in [1.29, 1.82) is 0 Å². The molecule has 88 valence electrons. The standard InChI is InChI=1S/C15H15FS/c1-15(16,13-8-4-2-5-9-13)12-17-14-10-6-3-7-11-14/h2-11H,12H2,1H3/t15-/m0/s1. The summed E-state index contributed by atoms with van der Waals surface area (Å²) in [5.41, 5.74) is -0.551. The first-order valence-corrected chi connectivity index (χ1v) is 6.59. The molecule has 17 heavy (non-hydrogen) atoms. The van der Waals surface area contributed by atoms with Crippen LogP contribution in [-0.4, -0.2) is 5.75 Å². The van der Waals surface area contributed by atoms with Crippen LogP contribution in [0.15, 0.2) is 65.6 Å². The zero-order valence-electron chi connectivity index (χ0n) is 9.77. The molecule has 0 radical (unpaired) electrons. The summed E-state index contributed by atoms with van der Waals surface area (Å²) in [6.45, 7) is 1.64. The summed E-state index contributed by atoms with van der Waals surface area (Å²) in [5, 5.41) is 0. The average molecular weight is 246 g/mol. The topological polar surface area (TPSA) is 0 Å². The summed E-state index contributed by atoms with van der Waals surface area (Å²) in [5.74, 6) is 0.432. The molecule has 0 amide bonds. The van der Waals surface area contributed by atoms with Gasteiger partial charge in [0, 0.05) is 10.6 Å². The highest BCUT2D eigenvalue weighted by Crippen LogP contribution is 2.32. The molecule has 0 nitrogen and oxygen atoms in total. The fourth-order valence-electron chi connectivity index (χ4n) is 1.60. The van der Waals surface area contributed by atoms with Crippen LogP contribution in [0, 0.1) is 0 Å². The third kappa shape index (κ3) is 3.34. The molecular formula is C15H15FS. The predicted molar refractivity (Wildman–Crippen MR) is 72.1 cm³/mol. The lowest BCUT2D eigenvalue weighted by molar-refractivity contribution is 0.228. The number of thioether (sulfide) groups is 1. The maximum absolute atomic E-state index is 14.5. The minimum absolute atomic E-state index is 0.432. The van der Waals surface area contributed by atoms with E-state index in [4.69, 9.17) is 0 Å². The minimum Gasteiger partial charge on any atom is -0.238 e.